The van der Waals surface area contributed by atoms with Gasteiger partial charge in [-0.3, -0.25) is 4.79 Å². The summed E-state index contributed by atoms with van der Waals surface area (Å²) in [6.45, 7) is 0. The lowest BCUT2D eigenvalue weighted by molar-refractivity contribution is -0.120. The van der Waals surface area contributed by atoms with Crippen LogP contribution in [0, 0.1) is 0 Å². The van der Waals surface area contributed by atoms with Crippen LogP contribution < -0.4 is 5.73 Å². The highest BCUT2D eigenvalue weighted by Gasteiger charge is 2.50. The van der Waals surface area contributed by atoms with Gasteiger partial charge in [-0.05, 0) is 42.0 Å². The highest BCUT2D eigenvalue weighted by molar-refractivity contribution is 7.10. The van der Waals surface area contributed by atoms with Gasteiger partial charge in [0, 0.05) is 17.0 Å². The van der Waals surface area contributed by atoms with Crippen molar-refractivity contribution >= 4 is 22.8 Å². The summed E-state index contributed by atoms with van der Waals surface area (Å²) in [6, 6.07) is 11.8. The number of hydrogen-bond donors (Lipinski definition) is 1. The molecule has 18 heavy (non-hydrogen) atoms. The Morgan fingerprint density at radius 2 is 1.94 bits per heavy atom. The quantitative estimate of drug-likeness (QED) is 0.855. The summed E-state index contributed by atoms with van der Waals surface area (Å²) in [5.41, 5.74) is 7.34. The van der Waals surface area contributed by atoms with E-state index in [2.05, 4.69) is 0 Å². The third-order valence-electron chi connectivity index (χ3n) is 3.66. The van der Waals surface area contributed by atoms with Crippen LogP contribution in [0.4, 0.5) is 5.69 Å². The summed E-state index contributed by atoms with van der Waals surface area (Å²) in [5.74, 6) is 0.342. The van der Waals surface area contributed by atoms with Gasteiger partial charge >= 0.3 is 0 Å². The van der Waals surface area contributed by atoms with Gasteiger partial charge in [0.1, 0.15) is 5.78 Å². The third-order valence-corrected chi connectivity index (χ3v) is 4.54. The van der Waals surface area contributed by atoms with Crippen molar-refractivity contribution in [2.75, 3.05) is 5.73 Å². The van der Waals surface area contributed by atoms with Crippen molar-refractivity contribution in [1.82, 2.24) is 0 Å². The average molecular weight is 257 g/mol. The van der Waals surface area contributed by atoms with Crippen LogP contribution in [0.1, 0.15) is 23.3 Å². The topological polar surface area (TPSA) is 43.1 Å². The number of carbonyl (C=O) groups excluding carboxylic acids is 1. The van der Waals surface area contributed by atoms with Crippen molar-refractivity contribution in [3.05, 3.63) is 52.2 Å². The summed E-state index contributed by atoms with van der Waals surface area (Å²) in [4.78, 5) is 13.6. The van der Waals surface area contributed by atoms with E-state index in [1.807, 2.05) is 41.8 Å². The van der Waals surface area contributed by atoms with Crippen LogP contribution in [0.5, 0.6) is 0 Å². The average Bonchev–Trinajstić information content (AvgIpc) is 3.03. The predicted octanol–water partition coefficient (Wildman–Crippen LogP) is 3.17. The van der Waals surface area contributed by atoms with E-state index in [1.54, 1.807) is 11.3 Å². The Hall–Kier alpha value is -1.61. The molecule has 0 saturated heterocycles. The van der Waals surface area contributed by atoms with Gasteiger partial charge in [-0.1, -0.05) is 18.2 Å². The molecule has 92 valence electrons. The van der Waals surface area contributed by atoms with Gasteiger partial charge in [0.25, 0.3) is 0 Å². The van der Waals surface area contributed by atoms with E-state index in [1.165, 1.54) is 0 Å². The number of nitrogen functional groups attached to an aromatic ring is 1. The van der Waals surface area contributed by atoms with E-state index in [0.717, 1.165) is 29.0 Å². The SMILES string of the molecule is Nc1ccc(C2(C(=O)Cc3cccs3)CC2)cc1. The van der Waals surface area contributed by atoms with Gasteiger partial charge in [-0.25, -0.2) is 0 Å². The third kappa shape index (κ3) is 1.95. The Kier molecular flexibility index (Phi) is 2.71. The first-order valence-electron chi connectivity index (χ1n) is 6.12. The molecule has 2 nitrogen and oxygen atoms in total. The maximum Gasteiger partial charge on any atom is 0.148 e. The number of nitrogens with two attached hydrogens (primary N) is 1. The molecular weight excluding hydrogens is 242 g/mol. The highest BCUT2D eigenvalue weighted by atomic mass is 32.1. The minimum Gasteiger partial charge on any atom is -0.399 e. The van der Waals surface area contributed by atoms with Crippen molar-refractivity contribution < 1.29 is 4.79 Å². The Labute approximate surface area is 110 Å². The van der Waals surface area contributed by atoms with Crippen LogP contribution >= 0.6 is 11.3 Å². The molecule has 0 atom stereocenters. The molecule has 0 radical (unpaired) electrons. The van der Waals surface area contributed by atoms with E-state index in [9.17, 15) is 4.79 Å². The van der Waals surface area contributed by atoms with Gasteiger partial charge in [0.05, 0.1) is 5.41 Å². The maximum absolute atomic E-state index is 12.5. The number of Topliss-reactive ketones (excluding diaryl/α,β-unsaturated/α-hetero) is 1. The molecule has 3 rings (SSSR count). The van der Waals surface area contributed by atoms with Crippen LogP contribution in [0.2, 0.25) is 0 Å². The fourth-order valence-corrected chi connectivity index (χ4v) is 3.10. The molecule has 1 aliphatic rings. The van der Waals surface area contributed by atoms with Crippen molar-refractivity contribution in [2.45, 2.75) is 24.7 Å². The summed E-state index contributed by atoms with van der Waals surface area (Å²) in [5, 5.41) is 2.02. The Morgan fingerprint density at radius 3 is 2.50 bits per heavy atom. The fourth-order valence-electron chi connectivity index (χ4n) is 2.40. The number of rotatable bonds is 4. The maximum atomic E-state index is 12.5. The van der Waals surface area contributed by atoms with Gasteiger partial charge in [0.2, 0.25) is 0 Å². The molecule has 1 heterocycles. The molecule has 0 spiro atoms. The second-order valence-electron chi connectivity index (χ2n) is 4.88. The first-order chi connectivity index (χ1) is 8.71. The fraction of sp³-hybridized carbons (Fsp3) is 0.267. The van der Waals surface area contributed by atoms with Crippen molar-refractivity contribution in [3.63, 3.8) is 0 Å². The molecule has 0 amide bonds. The summed E-state index contributed by atoms with van der Waals surface area (Å²) in [7, 11) is 0. The van der Waals surface area contributed by atoms with Crippen LogP contribution in [0.25, 0.3) is 0 Å². The standard InChI is InChI=1S/C15H15NOS/c16-12-5-3-11(4-6-12)15(7-8-15)14(17)10-13-2-1-9-18-13/h1-6,9H,7-8,10,16H2. The largest absolute Gasteiger partial charge is 0.399 e. The molecule has 1 aromatic carbocycles. The number of thiophene rings is 1. The second kappa shape index (κ2) is 4.25. The molecule has 2 aromatic rings. The summed E-state index contributed by atoms with van der Waals surface area (Å²) >= 11 is 1.65. The number of ketones is 1. The minimum atomic E-state index is -0.225. The molecule has 1 saturated carbocycles. The zero-order valence-corrected chi connectivity index (χ0v) is 10.9. The first-order valence-corrected chi connectivity index (χ1v) is 7.00. The molecule has 0 aliphatic heterocycles. The van der Waals surface area contributed by atoms with Gasteiger partial charge in [0.15, 0.2) is 0 Å². The molecule has 1 aromatic heterocycles. The molecule has 2 N–H and O–H groups in total. The summed E-state index contributed by atoms with van der Waals surface area (Å²) < 4.78 is 0. The lowest BCUT2D eigenvalue weighted by Crippen LogP contribution is -2.22. The predicted molar refractivity (Wildman–Crippen MR) is 74.8 cm³/mol. The van der Waals surface area contributed by atoms with Crippen molar-refractivity contribution in [3.8, 4) is 0 Å². The van der Waals surface area contributed by atoms with Crippen molar-refractivity contribution in [1.29, 1.82) is 0 Å². The molecule has 0 bridgehead atoms. The van der Waals surface area contributed by atoms with E-state index in [-0.39, 0.29) is 5.41 Å². The lowest BCUT2D eigenvalue weighted by atomic mass is 9.89. The highest BCUT2D eigenvalue weighted by Crippen LogP contribution is 2.49. The number of anilines is 1. The molecule has 1 aliphatic carbocycles. The normalized spacial score (nSPS) is 16.4. The zero-order chi connectivity index (χ0) is 12.6. The van der Waals surface area contributed by atoms with Crippen molar-refractivity contribution in [2.24, 2.45) is 0 Å². The zero-order valence-electron chi connectivity index (χ0n) is 10.1. The first kappa shape index (κ1) is 11.5. The molecular formula is C15H15NOS. The lowest BCUT2D eigenvalue weighted by Gasteiger charge is -2.14. The van der Waals surface area contributed by atoms with E-state index in [4.69, 9.17) is 5.73 Å². The smallest absolute Gasteiger partial charge is 0.148 e. The van der Waals surface area contributed by atoms with Gasteiger partial charge in [-0.2, -0.15) is 0 Å². The van der Waals surface area contributed by atoms with Gasteiger partial charge in [-0.15, -0.1) is 11.3 Å². The monoisotopic (exact) mass is 257 g/mol. The van der Waals surface area contributed by atoms with Crippen LogP contribution in [0.3, 0.4) is 0 Å². The number of carbonyl (C=O) groups is 1. The Balaban J connectivity index is 1.82. The molecule has 0 unspecified atom stereocenters. The number of benzene rings is 1. The Bertz CT molecular complexity index is 553. The van der Waals surface area contributed by atoms with Crippen LogP contribution in [0.15, 0.2) is 41.8 Å². The van der Waals surface area contributed by atoms with Gasteiger partial charge < -0.3 is 5.73 Å². The van der Waals surface area contributed by atoms with E-state index >= 15 is 0 Å². The van der Waals surface area contributed by atoms with Crippen LogP contribution in [-0.4, -0.2) is 5.78 Å². The second-order valence-corrected chi connectivity index (χ2v) is 5.92. The van der Waals surface area contributed by atoms with Crippen LogP contribution in [-0.2, 0) is 16.6 Å². The number of hydrogen-bond acceptors (Lipinski definition) is 3. The van der Waals surface area contributed by atoms with E-state index in [0.29, 0.717) is 12.2 Å². The Morgan fingerprint density at radius 1 is 1.22 bits per heavy atom. The minimum absolute atomic E-state index is 0.225. The molecule has 1 fully saturated rings. The molecule has 3 heteroatoms. The van der Waals surface area contributed by atoms with E-state index < -0.39 is 0 Å². The summed E-state index contributed by atoms with van der Waals surface area (Å²) in [6.07, 6.45) is 2.50.